The molecular formula is C22H21F3N6O3. The lowest BCUT2D eigenvalue weighted by atomic mass is 10.1. The van der Waals surface area contributed by atoms with E-state index in [1.165, 1.54) is 32.4 Å². The summed E-state index contributed by atoms with van der Waals surface area (Å²) in [6.45, 7) is 2.44. The summed E-state index contributed by atoms with van der Waals surface area (Å²) >= 11 is 0. The Kier molecular flexibility index (Phi) is 5.98. The van der Waals surface area contributed by atoms with Crippen molar-refractivity contribution in [3.63, 3.8) is 0 Å². The third-order valence-corrected chi connectivity index (χ3v) is 5.70. The van der Waals surface area contributed by atoms with E-state index < -0.39 is 17.3 Å². The number of piperazine rings is 1. The van der Waals surface area contributed by atoms with Crippen LogP contribution in [0.4, 0.5) is 18.9 Å². The standard InChI is InChI=1S/C22H21F3N6O3/c1-12-18(22(23,24)25)21(34)29-16-7-13(8-28-19(12)16)10-31-6-5-30(11-17(31)32)14-3-4-15(27-9-14)20(33)26-2/h3-4,7-9H,5-6,10-11H2,1-2H3,(H,26,33)(H,29,34). The lowest BCUT2D eigenvalue weighted by Gasteiger charge is -2.35. The molecule has 0 unspecified atom stereocenters. The highest BCUT2D eigenvalue weighted by Gasteiger charge is 2.37. The topological polar surface area (TPSA) is 111 Å². The van der Waals surface area contributed by atoms with Crippen molar-refractivity contribution in [2.45, 2.75) is 19.6 Å². The highest BCUT2D eigenvalue weighted by atomic mass is 19.4. The molecule has 12 heteroatoms. The van der Waals surface area contributed by atoms with Gasteiger partial charge in [-0.3, -0.25) is 19.4 Å². The fourth-order valence-corrected chi connectivity index (χ4v) is 3.96. The van der Waals surface area contributed by atoms with E-state index in [4.69, 9.17) is 0 Å². The van der Waals surface area contributed by atoms with Crippen LogP contribution in [0.5, 0.6) is 0 Å². The largest absolute Gasteiger partial charge is 0.422 e. The molecule has 9 nitrogen and oxygen atoms in total. The quantitative estimate of drug-likeness (QED) is 0.597. The number of aryl methyl sites for hydroxylation is 1. The lowest BCUT2D eigenvalue weighted by molar-refractivity contribution is -0.139. The highest BCUT2D eigenvalue weighted by molar-refractivity contribution is 5.92. The van der Waals surface area contributed by atoms with Crippen molar-refractivity contribution in [3.8, 4) is 0 Å². The molecule has 0 spiro atoms. The first kappa shape index (κ1) is 23.2. The molecule has 34 heavy (non-hydrogen) atoms. The van der Waals surface area contributed by atoms with Crippen molar-refractivity contribution in [2.24, 2.45) is 0 Å². The van der Waals surface area contributed by atoms with Gasteiger partial charge in [0, 0.05) is 32.9 Å². The number of carbonyl (C=O) groups is 2. The van der Waals surface area contributed by atoms with Crippen molar-refractivity contribution in [2.75, 3.05) is 31.6 Å². The second kappa shape index (κ2) is 8.76. The minimum absolute atomic E-state index is 0.0551. The molecule has 1 aliphatic heterocycles. The zero-order valence-electron chi connectivity index (χ0n) is 18.4. The van der Waals surface area contributed by atoms with Crippen LogP contribution >= 0.6 is 0 Å². The Morgan fingerprint density at radius 2 is 1.94 bits per heavy atom. The van der Waals surface area contributed by atoms with Crippen LogP contribution in [-0.4, -0.2) is 58.3 Å². The Morgan fingerprint density at radius 1 is 1.18 bits per heavy atom. The van der Waals surface area contributed by atoms with Crippen molar-refractivity contribution in [1.29, 1.82) is 0 Å². The minimum Gasteiger partial charge on any atom is -0.359 e. The van der Waals surface area contributed by atoms with Gasteiger partial charge >= 0.3 is 6.18 Å². The van der Waals surface area contributed by atoms with E-state index in [0.717, 1.165) is 0 Å². The first-order valence-electron chi connectivity index (χ1n) is 10.4. The number of hydrogen-bond donors (Lipinski definition) is 2. The van der Waals surface area contributed by atoms with Crippen molar-refractivity contribution in [1.82, 2.24) is 25.2 Å². The molecule has 1 fully saturated rings. The summed E-state index contributed by atoms with van der Waals surface area (Å²) in [5.74, 6) is -0.457. The number of anilines is 1. The number of aromatic amines is 1. The van der Waals surface area contributed by atoms with Crippen LogP contribution in [0.15, 0.2) is 35.4 Å². The number of aromatic nitrogens is 3. The van der Waals surface area contributed by atoms with Crippen LogP contribution < -0.4 is 15.8 Å². The van der Waals surface area contributed by atoms with Gasteiger partial charge < -0.3 is 20.1 Å². The molecule has 3 aromatic rings. The molecule has 4 heterocycles. The minimum atomic E-state index is -4.78. The Hall–Kier alpha value is -3.96. The normalized spacial score (nSPS) is 14.6. The Bertz CT molecular complexity index is 1320. The molecule has 4 rings (SSSR count). The summed E-state index contributed by atoms with van der Waals surface area (Å²) in [5.41, 5.74) is -0.918. The average Bonchev–Trinajstić information content (AvgIpc) is 2.79. The number of pyridine rings is 3. The van der Waals surface area contributed by atoms with E-state index in [1.807, 2.05) is 4.90 Å². The molecule has 1 saturated heterocycles. The maximum absolute atomic E-state index is 13.2. The number of carbonyl (C=O) groups excluding carboxylic acids is 2. The summed E-state index contributed by atoms with van der Waals surface area (Å²) in [4.78, 5) is 50.3. The molecule has 1 aliphatic rings. The number of alkyl halides is 3. The molecule has 0 aromatic carbocycles. The van der Waals surface area contributed by atoms with Crippen molar-refractivity contribution < 1.29 is 22.8 Å². The maximum atomic E-state index is 13.2. The smallest absolute Gasteiger partial charge is 0.359 e. The first-order valence-corrected chi connectivity index (χ1v) is 10.4. The molecule has 178 valence electrons. The second-order valence-corrected chi connectivity index (χ2v) is 7.91. The second-order valence-electron chi connectivity index (χ2n) is 7.91. The predicted molar refractivity (Wildman–Crippen MR) is 117 cm³/mol. The van der Waals surface area contributed by atoms with E-state index in [-0.39, 0.29) is 47.2 Å². The number of halogens is 3. The molecule has 0 atom stereocenters. The number of nitrogens with one attached hydrogen (secondary N) is 2. The number of nitrogens with zero attached hydrogens (tertiary/aromatic N) is 4. The Labute approximate surface area is 191 Å². The number of hydrogen-bond acceptors (Lipinski definition) is 6. The number of amides is 2. The zero-order chi connectivity index (χ0) is 24.6. The zero-order valence-corrected chi connectivity index (χ0v) is 18.4. The monoisotopic (exact) mass is 474 g/mol. The molecule has 2 N–H and O–H groups in total. The maximum Gasteiger partial charge on any atom is 0.422 e. The van der Waals surface area contributed by atoms with E-state index >= 15 is 0 Å². The number of rotatable bonds is 4. The SMILES string of the molecule is CNC(=O)c1ccc(N2CCN(Cc3cnc4c(C)c(C(F)(F)F)c(=O)[nH]c4c3)C(=O)C2)cn1. The molecule has 3 aromatic heterocycles. The summed E-state index contributed by atoms with van der Waals surface area (Å²) in [7, 11) is 1.51. The van der Waals surface area contributed by atoms with Crippen LogP contribution in [0.2, 0.25) is 0 Å². The summed E-state index contributed by atoms with van der Waals surface area (Å²) in [6.07, 6.45) is -1.83. The van der Waals surface area contributed by atoms with Gasteiger partial charge in [-0.25, -0.2) is 4.98 Å². The van der Waals surface area contributed by atoms with Gasteiger partial charge in [0.05, 0.1) is 29.5 Å². The fourth-order valence-electron chi connectivity index (χ4n) is 3.96. The molecular weight excluding hydrogens is 453 g/mol. The Balaban J connectivity index is 1.48. The van der Waals surface area contributed by atoms with Crippen LogP contribution in [0, 0.1) is 6.92 Å². The number of H-pyrrole nitrogens is 1. The van der Waals surface area contributed by atoms with Crippen LogP contribution in [0.3, 0.4) is 0 Å². The van der Waals surface area contributed by atoms with Crippen LogP contribution in [0.1, 0.15) is 27.2 Å². The molecule has 0 radical (unpaired) electrons. The van der Waals surface area contributed by atoms with E-state index in [9.17, 15) is 27.6 Å². The molecule has 0 bridgehead atoms. The van der Waals surface area contributed by atoms with Gasteiger partial charge in [-0.1, -0.05) is 0 Å². The van der Waals surface area contributed by atoms with Gasteiger partial charge in [0.1, 0.15) is 11.3 Å². The van der Waals surface area contributed by atoms with Crippen molar-refractivity contribution >= 4 is 28.5 Å². The van der Waals surface area contributed by atoms with Gasteiger partial charge in [-0.2, -0.15) is 13.2 Å². The summed E-state index contributed by atoms with van der Waals surface area (Å²) < 4.78 is 39.5. The van der Waals surface area contributed by atoms with Gasteiger partial charge in [-0.05, 0) is 36.2 Å². The van der Waals surface area contributed by atoms with Gasteiger partial charge in [0.25, 0.3) is 11.5 Å². The fraction of sp³-hybridized carbons (Fsp3) is 0.318. The van der Waals surface area contributed by atoms with Crippen LogP contribution in [0.25, 0.3) is 11.0 Å². The third kappa shape index (κ3) is 4.43. The van der Waals surface area contributed by atoms with E-state index in [1.54, 1.807) is 17.0 Å². The summed E-state index contributed by atoms with van der Waals surface area (Å²) in [5, 5.41) is 2.49. The predicted octanol–water partition coefficient (Wildman–Crippen LogP) is 1.85. The molecule has 2 amide bonds. The highest BCUT2D eigenvalue weighted by Crippen LogP contribution is 2.31. The third-order valence-electron chi connectivity index (χ3n) is 5.70. The van der Waals surface area contributed by atoms with Gasteiger partial charge in [0.15, 0.2) is 0 Å². The molecule has 0 aliphatic carbocycles. The van der Waals surface area contributed by atoms with Crippen molar-refractivity contribution in [3.05, 3.63) is 63.3 Å². The van der Waals surface area contributed by atoms with Gasteiger partial charge in [-0.15, -0.1) is 0 Å². The lowest BCUT2D eigenvalue weighted by Crippen LogP contribution is -2.50. The van der Waals surface area contributed by atoms with E-state index in [0.29, 0.717) is 24.3 Å². The average molecular weight is 474 g/mol. The number of fused-ring (bicyclic) bond motifs is 1. The van der Waals surface area contributed by atoms with E-state index in [2.05, 4.69) is 20.3 Å². The van der Waals surface area contributed by atoms with Gasteiger partial charge in [0.2, 0.25) is 5.91 Å². The van der Waals surface area contributed by atoms with Crippen LogP contribution in [-0.2, 0) is 17.5 Å². The molecule has 0 saturated carbocycles. The Morgan fingerprint density at radius 3 is 2.56 bits per heavy atom. The summed E-state index contributed by atoms with van der Waals surface area (Å²) in [6, 6.07) is 4.85. The first-order chi connectivity index (χ1) is 16.1.